The van der Waals surface area contributed by atoms with Crippen molar-refractivity contribution in [3.05, 3.63) is 45.2 Å². The molecule has 0 saturated heterocycles. The maximum absolute atomic E-state index is 3.54. The lowest BCUT2D eigenvalue weighted by molar-refractivity contribution is 1.48. The Bertz CT molecular complexity index is 420. The molecular formula is C12H11BrS. The lowest BCUT2D eigenvalue weighted by Gasteiger charge is -1.97. The summed E-state index contributed by atoms with van der Waals surface area (Å²) >= 11 is 5.36. The molecule has 0 nitrogen and oxygen atoms in total. The van der Waals surface area contributed by atoms with E-state index < -0.39 is 0 Å². The van der Waals surface area contributed by atoms with Crippen LogP contribution >= 0.6 is 27.3 Å². The summed E-state index contributed by atoms with van der Waals surface area (Å²) in [6.45, 7) is 4.24. The minimum atomic E-state index is 1.21. The molecule has 0 bridgehead atoms. The van der Waals surface area contributed by atoms with E-state index in [9.17, 15) is 0 Å². The second kappa shape index (κ2) is 3.87. The van der Waals surface area contributed by atoms with Gasteiger partial charge in [-0.2, -0.15) is 0 Å². The zero-order valence-corrected chi connectivity index (χ0v) is 10.6. The van der Waals surface area contributed by atoms with Gasteiger partial charge in [0.1, 0.15) is 0 Å². The van der Waals surface area contributed by atoms with Gasteiger partial charge in [0.15, 0.2) is 0 Å². The third-order valence-electron chi connectivity index (χ3n) is 2.19. The van der Waals surface area contributed by atoms with Crippen molar-refractivity contribution in [1.29, 1.82) is 0 Å². The van der Waals surface area contributed by atoms with Gasteiger partial charge in [0, 0.05) is 14.2 Å². The van der Waals surface area contributed by atoms with E-state index in [4.69, 9.17) is 0 Å². The van der Waals surface area contributed by atoms with Crippen LogP contribution in [0.2, 0.25) is 0 Å². The molecule has 72 valence electrons. The SMILES string of the molecule is Cc1ccc(-c2cc(Br)c(C)s2)cc1. The van der Waals surface area contributed by atoms with Crippen LogP contribution in [0.1, 0.15) is 10.4 Å². The predicted molar refractivity (Wildman–Crippen MR) is 66.9 cm³/mol. The third kappa shape index (κ3) is 1.91. The fourth-order valence-corrected chi connectivity index (χ4v) is 2.86. The fraction of sp³-hybridized carbons (Fsp3) is 0.167. The van der Waals surface area contributed by atoms with Gasteiger partial charge in [0.05, 0.1) is 0 Å². The number of aryl methyl sites for hydroxylation is 2. The highest BCUT2D eigenvalue weighted by Gasteiger charge is 2.04. The molecular weight excluding hydrogens is 256 g/mol. The average Bonchev–Trinajstić information content (AvgIpc) is 2.48. The molecule has 2 aromatic rings. The van der Waals surface area contributed by atoms with E-state index >= 15 is 0 Å². The van der Waals surface area contributed by atoms with E-state index in [2.05, 4.69) is 60.1 Å². The van der Waals surface area contributed by atoms with E-state index in [-0.39, 0.29) is 0 Å². The monoisotopic (exact) mass is 266 g/mol. The summed E-state index contributed by atoms with van der Waals surface area (Å²) < 4.78 is 1.21. The molecule has 0 aliphatic carbocycles. The first-order chi connectivity index (χ1) is 6.66. The molecule has 0 radical (unpaired) electrons. The van der Waals surface area contributed by atoms with E-state index in [1.807, 2.05) is 11.3 Å². The van der Waals surface area contributed by atoms with E-state index in [0.29, 0.717) is 0 Å². The second-order valence-corrected chi connectivity index (χ2v) is 5.49. The summed E-state index contributed by atoms with van der Waals surface area (Å²) in [6.07, 6.45) is 0. The van der Waals surface area contributed by atoms with Crippen molar-refractivity contribution in [3.8, 4) is 10.4 Å². The van der Waals surface area contributed by atoms with Gasteiger partial charge in [-0.3, -0.25) is 0 Å². The number of rotatable bonds is 1. The van der Waals surface area contributed by atoms with E-state index in [1.54, 1.807) is 0 Å². The van der Waals surface area contributed by atoms with Crippen molar-refractivity contribution in [2.75, 3.05) is 0 Å². The molecule has 0 fully saturated rings. The van der Waals surface area contributed by atoms with Crippen LogP contribution < -0.4 is 0 Å². The largest absolute Gasteiger partial charge is 0.139 e. The average molecular weight is 267 g/mol. The van der Waals surface area contributed by atoms with Gasteiger partial charge < -0.3 is 0 Å². The summed E-state index contributed by atoms with van der Waals surface area (Å²) in [4.78, 5) is 2.66. The highest BCUT2D eigenvalue weighted by atomic mass is 79.9. The maximum atomic E-state index is 3.54. The Hall–Kier alpha value is -0.600. The lowest BCUT2D eigenvalue weighted by Crippen LogP contribution is -1.72. The summed E-state index contributed by atoms with van der Waals surface area (Å²) in [5.74, 6) is 0. The Morgan fingerprint density at radius 1 is 1.07 bits per heavy atom. The van der Waals surface area contributed by atoms with Crippen LogP contribution in [0.5, 0.6) is 0 Å². The minimum Gasteiger partial charge on any atom is -0.139 e. The topological polar surface area (TPSA) is 0 Å². The summed E-state index contributed by atoms with van der Waals surface area (Å²) in [7, 11) is 0. The van der Waals surface area contributed by atoms with E-state index in [1.165, 1.54) is 25.4 Å². The Labute approximate surface area is 96.7 Å². The summed E-state index contributed by atoms with van der Waals surface area (Å²) in [5, 5.41) is 0. The zero-order valence-electron chi connectivity index (χ0n) is 8.17. The van der Waals surface area contributed by atoms with Gasteiger partial charge in [0.25, 0.3) is 0 Å². The summed E-state index contributed by atoms with van der Waals surface area (Å²) in [6, 6.07) is 10.8. The number of hydrogen-bond acceptors (Lipinski definition) is 1. The van der Waals surface area contributed by atoms with Crippen LogP contribution in [0.15, 0.2) is 34.8 Å². The second-order valence-electron chi connectivity index (χ2n) is 3.38. The van der Waals surface area contributed by atoms with Crippen LogP contribution in [0, 0.1) is 13.8 Å². The van der Waals surface area contributed by atoms with Crippen molar-refractivity contribution >= 4 is 27.3 Å². The van der Waals surface area contributed by atoms with Gasteiger partial charge in [-0.15, -0.1) is 11.3 Å². The lowest BCUT2D eigenvalue weighted by atomic mass is 10.1. The Morgan fingerprint density at radius 3 is 2.21 bits per heavy atom. The molecule has 2 heteroatoms. The first-order valence-corrected chi connectivity index (χ1v) is 6.11. The molecule has 0 N–H and O–H groups in total. The van der Waals surface area contributed by atoms with Crippen molar-refractivity contribution in [1.82, 2.24) is 0 Å². The van der Waals surface area contributed by atoms with Gasteiger partial charge >= 0.3 is 0 Å². The maximum Gasteiger partial charge on any atom is 0.0357 e. The van der Waals surface area contributed by atoms with Crippen LogP contribution in [0.25, 0.3) is 10.4 Å². The minimum absolute atomic E-state index is 1.21. The Balaban J connectivity index is 2.44. The highest BCUT2D eigenvalue weighted by Crippen LogP contribution is 2.33. The predicted octanol–water partition coefficient (Wildman–Crippen LogP) is 4.79. The molecule has 1 heterocycles. The third-order valence-corrected chi connectivity index (χ3v) is 4.38. The number of halogens is 1. The quantitative estimate of drug-likeness (QED) is 0.696. The molecule has 0 aliphatic heterocycles. The van der Waals surface area contributed by atoms with Gasteiger partial charge in [0.2, 0.25) is 0 Å². The fourth-order valence-electron chi connectivity index (χ4n) is 1.32. The zero-order chi connectivity index (χ0) is 10.1. The molecule has 14 heavy (non-hydrogen) atoms. The molecule has 0 saturated carbocycles. The van der Waals surface area contributed by atoms with Crippen LogP contribution in [-0.4, -0.2) is 0 Å². The first kappa shape index (κ1) is 9.94. The van der Waals surface area contributed by atoms with Crippen LogP contribution in [-0.2, 0) is 0 Å². The summed E-state index contributed by atoms with van der Waals surface area (Å²) in [5.41, 5.74) is 2.61. The molecule has 0 unspecified atom stereocenters. The van der Waals surface area contributed by atoms with Crippen LogP contribution in [0.4, 0.5) is 0 Å². The number of thiophene rings is 1. The van der Waals surface area contributed by atoms with Gasteiger partial charge in [-0.1, -0.05) is 29.8 Å². The van der Waals surface area contributed by atoms with Crippen molar-refractivity contribution in [2.45, 2.75) is 13.8 Å². The molecule has 1 aromatic heterocycles. The molecule has 0 atom stereocenters. The Morgan fingerprint density at radius 2 is 1.71 bits per heavy atom. The smallest absolute Gasteiger partial charge is 0.0357 e. The Kier molecular flexibility index (Phi) is 2.75. The van der Waals surface area contributed by atoms with Crippen molar-refractivity contribution < 1.29 is 0 Å². The van der Waals surface area contributed by atoms with E-state index in [0.717, 1.165) is 0 Å². The van der Waals surface area contributed by atoms with Crippen molar-refractivity contribution in [3.63, 3.8) is 0 Å². The molecule has 1 aromatic carbocycles. The van der Waals surface area contributed by atoms with Gasteiger partial charge in [-0.25, -0.2) is 0 Å². The first-order valence-electron chi connectivity index (χ1n) is 4.50. The standard InChI is InChI=1S/C12H11BrS/c1-8-3-5-10(6-4-8)12-7-11(13)9(2)14-12/h3-7H,1-2H3. The number of hydrogen-bond donors (Lipinski definition) is 0. The molecule has 0 amide bonds. The van der Waals surface area contributed by atoms with Gasteiger partial charge in [-0.05, 0) is 41.4 Å². The number of benzene rings is 1. The molecule has 0 spiro atoms. The highest BCUT2D eigenvalue weighted by molar-refractivity contribution is 9.10. The normalized spacial score (nSPS) is 10.5. The molecule has 2 rings (SSSR count). The van der Waals surface area contributed by atoms with Crippen molar-refractivity contribution in [2.24, 2.45) is 0 Å². The molecule has 0 aliphatic rings. The van der Waals surface area contributed by atoms with Crippen LogP contribution in [0.3, 0.4) is 0 Å².